The van der Waals surface area contributed by atoms with Gasteiger partial charge >= 0.3 is 5.97 Å². The number of carbonyl (C=O) groups is 1. The number of aromatic nitrogens is 1. The normalized spacial score (nSPS) is 17.1. The van der Waals surface area contributed by atoms with Gasteiger partial charge in [0.25, 0.3) is 0 Å². The van der Waals surface area contributed by atoms with Crippen LogP contribution in [-0.2, 0) is 11.8 Å². The topological polar surface area (TPSA) is 42.2 Å². The number of aliphatic carboxylic acids is 1. The average molecular weight is 191 g/mol. The van der Waals surface area contributed by atoms with Gasteiger partial charge in [0.2, 0.25) is 0 Å². The first-order valence-corrected chi connectivity index (χ1v) is 4.74. The third-order valence-electron chi connectivity index (χ3n) is 2.54. The molecule has 0 aliphatic heterocycles. The van der Waals surface area contributed by atoms with E-state index >= 15 is 0 Å². The molecule has 14 heavy (non-hydrogen) atoms. The van der Waals surface area contributed by atoms with Crippen LogP contribution in [0.4, 0.5) is 0 Å². The van der Waals surface area contributed by atoms with Gasteiger partial charge in [-0.1, -0.05) is 0 Å². The molecule has 1 saturated carbocycles. The van der Waals surface area contributed by atoms with E-state index in [1.807, 2.05) is 29.9 Å². The molecule has 74 valence electrons. The summed E-state index contributed by atoms with van der Waals surface area (Å²) in [4.78, 5) is 10.7. The molecule has 1 aliphatic carbocycles. The first-order valence-electron chi connectivity index (χ1n) is 4.74. The Labute approximate surface area is 82.7 Å². The van der Waals surface area contributed by atoms with Gasteiger partial charge in [0.15, 0.2) is 0 Å². The lowest BCUT2D eigenvalue weighted by Crippen LogP contribution is -1.99. The molecule has 0 radical (unpaired) electrons. The van der Waals surface area contributed by atoms with Gasteiger partial charge in [-0.15, -0.1) is 0 Å². The van der Waals surface area contributed by atoms with E-state index in [4.69, 9.17) is 5.11 Å². The van der Waals surface area contributed by atoms with E-state index < -0.39 is 5.97 Å². The van der Waals surface area contributed by atoms with Crippen LogP contribution < -0.4 is 0 Å². The average Bonchev–Trinajstić information content (AvgIpc) is 2.86. The molecule has 1 aliphatic rings. The van der Waals surface area contributed by atoms with Crippen molar-refractivity contribution < 1.29 is 9.90 Å². The molecule has 0 aromatic carbocycles. The standard InChI is InChI=1S/C11H13NO2/c1-12-6-2-3-10(12)9(7-11(13)14)8-4-5-8/h2-3,6-8H,4-5H2,1H3,(H,13,14)/b9-7+. The van der Waals surface area contributed by atoms with Crippen LogP contribution >= 0.6 is 0 Å². The van der Waals surface area contributed by atoms with Crippen molar-refractivity contribution in [2.75, 3.05) is 0 Å². The van der Waals surface area contributed by atoms with Crippen LogP contribution in [0.25, 0.3) is 5.57 Å². The second-order valence-electron chi connectivity index (χ2n) is 3.72. The number of aryl methyl sites for hydroxylation is 1. The minimum absolute atomic E-state index is 0.458. The van der Waals surface area contributed by atoms with Gasteiger partial charge in [-0.25, -0.2) is 4.79 Å². The maximum absolute atomic E-state index is 10.7. The van der Waals surface area contributed by atoms with Gasteiger partial charge in [-0.3, -0.25) is 0 Å². The molecule has 0 unspecified atom stereocenters. The first-order chi connectivity index (χ1) is 6.68. The molecule has 2 rings (SSSR count). The lowest BCUT2D eigenvalue weighted by Gasteiger charge is -2.06. The largest absolute Gasteiger partial charge is 0.478 e. The third-order valence-corrected chi connectivity index (χ3v) is 2.54. The van der Waals surface area contributed by atoms with Gasteiger partial charge in [0.05, 0.1) is 0 Å². The van der Waals surface area contributed by atoms with Gasteiger partial charge in [-0.2, -0.15) is 0 Å². The smallest absolute Gasteiger partial charge is 0.328 e. The highest BCUT2D eigenvalue weighted by Crippen LogP contribution is 2.41. The van der Waals surface area contributed by atoms with Crippen LogP contribution in [0.5, 0.6) is 0 Å². The van der Waals surface area contributed by atoms with Crippen molar-refractivity contribution in [2.45, 2.75) is 12.8 Å². The number of hydrogen-bond acceptors (Lipinski definition) is 1. The quantitative estimate of drug-likeness (QED) is 0.741. The van der Waals surface area contributed by atoms with Crippen molar-refractivity contribution in [1.82, 2.24) is 4.57 Å². The summed E-state index contributed by atoms with van der Waals surface area (Å²) in [6, 6.07) is 3.90. The fourth-order valence-corrected chi connectivity index (χ4v) is 1.69. The SMILES string of the molecule is Cn1cccc1/C(=C/C(=O)O)C1CC1. The summed E-state index contributed by atoms with van der Waals surface area (Å²) >= 11 is 0. The summed E-state index contributed by atoms with van der Waals surface area (Å²) in [5, 5.41) is 8.76. The second kappa shape index (κ2) is 3.33. The molecule has 1 heterocycles. The minimum Gasteiger partial charge on any atom is -0.478 e. The molecule has 1 N–H and O–H groups in total. The van der Waals surface area contributed by atoms with E-state index in [1.54, 1.807) is 0 Å². The molecular weight excluding hydrogens is 178 g/mol. The predicted octanol–water partition coefficient (Wildman–Crippen LogP) is 1.90. The monoisotopic (exact) mass is 191 g/mol. The summed E-state index contributed by atoms with van der Waals surface area (Å²) in [6.45, 7) is 0. The maximum atomic E-state index is 10.7. The number of allylic oxidation sites excluding steroid dienone is 1. The molecule has 3 heteroatoms. The molecule has 1 aromatic heterocycles. The van der Waals surface area contributed by atoms with Crippen molar-refractivity contribution in [3.8, 4) is 0 Å². The zero-order chi connectivity index (χ0) is 10.1. The zero-order valence-electron chi connectivity index (χ0n) is 8.10. The van der Waals surface area contributed by atoms with E-state index in [9.17, 15) is 4.79 Å². The van der Waals surface area contributed by atoms with Crippen molar-refractivity contribution in [3.63, 3.8) is 0 Å². The Kier molecular flexibility index (Phi) is 2.15. The lowest BCUT2D eigenvalue weighted by atomic mass is 10.1. The first kappa shape index (κ1) is 9.06. The van der Waals surface area contributed by atoms with E-state index in [1.165, 1.54) is 6.08 Å². The number of carboxylic acid groups (broad SMARTS) is 1. The van der Waals surface area contributed by atoms with Crippen LogP contribution in [-0.4, -0.2) is 15.6 Å². The highest BCUT2D eigenvalue weighted by Gasteiger charge is 2.28. The Balaban J connectivity index is 2.36. The van der Waals surface area contributed by atoms with Gasteiger partial charge in [0.1, 0.15) is 0 Å². The van der Waals surface area contributed by atoms with Crippen LogP contribution in [0, 0.1) is 5.92 Å². The van der Waals surface area contributed by atoms with Crippen LogP contribution in [0.1, 0.15) is 18.5 Å². The Morgan fingerprint density at radius 2 is 2.36 bits per heavy atom. The van der Waals surface area contributed by atoms with Crippen LogP contribution in [0.15, 0.2) is 24.4 Å². The number of rotatable bonds is 3. The third kappa shape index (κ3) is 1.71. The molecule has 0 spiro atoms. The minimum atomic E-state index is -0.854. The fourth-order valence-electron chi connectivity index (χ4n) is 1.69. The molecule has 0 amide bonds. The molecule has 1 aromatic rings. The Morgan fingerprint density at radius 3 is 2.79 bits per heavy atom. The van der Waals surface area contributed by atoms with E-state index in [0.717, 1.165) is 24.1 Å². The van der Waals surface area contributed by atoms with Gasteiger partial charge in [0, 0.05) is 25.0 Å². The summed E-state index contributed by atoms with van der Waals surface area (Å²) in [5.74, 6) is -0.396. The number of nitrogens with zero attached hydrogens (tertiary/aromatic N) is 1. The molecular formula is C11H13NO2. The van der Waals surface area contributed by atoms with Gasteiger partial charge < -0.3 is 9.67 Å². The van der Waals surface area contributed by atoms with Crippen LogP contribution in [0.3, 0.4) is 0 Å². The highest BCUT2D eigenvalue weighted by molar-refractivity contribution is 5.90. The molecule has 0 bridgehead atoms. The second-order valence-corrected chi connectivity index (χ2v) is 3.72. The van der Waals surface area contributed by atoms with Crippen LogP contribution in [0.2, 0.25) is 0 Å². The molecule has 3 nitrogen and oxygen atoms in total. The van der Waals surface area contributed by atoms with E-state index in [0.29, 0.717) is 5.92 Å². The van der Waals surface area contributed by atoms with Crippen molar-refractivity contribution >= 4 is 11.5 Å². The number of hydrogen-bond donors (Lipinski definition) is 1. The van der Waals surface area contributed by atoms with Crippen molar-refractivity contribution in [2.24, 2.45) is 13.0 Å². The Bertz CT molecular complexity index is 386. The Morgan fingerprint density at radius 1 is 1.64 bits per heavy atom. The van der Waals surface area contributed by atoms with E-state index in [2.05, 4.69) is 0 Å². The molecule has 0 saturated heterocycles. The molecule has 1 fully saturated rings. The molecule has 0 atom stereocenters. The fraction of sp³-hybridized carbons (Fsp3) is 0.364. The number of carboxylic acids is 1. The summed E-state index contributed by atoms with van der Waals surface area (Å²) < 4.78 is 1.97. The van der Waals surface area contributed by atoms with Gasteiger partial charge in [-0.05, 0) is 36.5 Å². The highest BCUT2D eigenvalue weighted by atomic mass is 16.4. The van der Waals surface area contributed by atoms with Crippen molar-refractivity contribution in [3.05, 3.63) is 30.1 Å². The van der Waals surface area contributed by atoms with E-state index in [-0.39, 0.29) is 0 Å². The maximum Gasteiger partial charge on any atom is 0.328 e. The predicted molar refractivity (Wildman–Crippen MR) is 53.7 cm³/mol. The summed E-state index contributed by atoms with van der Waals surface area (Å²) in [6.07, 6.45) is 5.51. The summed E-state index contributed by atoms with van der Waals surface area (Å²) in [5.41, 5.74) is 1.99. The van der Waals surface area contributed by atoms with Crippen molar-refractivity contribution in [1.29, 1.82) is 0 Å². The zero-order valence-corrected chi connectivity index (χ0v) is 8.10. The lowest BCUT2D eigenvalue weighted by molar-refractivity contribution is -0.131. The Hall–Kier alpha value is -1.51. The summed E-state index contributed by atoms with van der Waals surface area (Å²) in [7, 11) is 1.94.